The molecule has 0 saturated carbocycles. The lowest BCUT2D eigenvalue weighted by atomic mass is 10.00. The molecule has 1 aliphatic rings. The van der Waals surface area contributed by atoms with Crippen LogP contribution in [-0.2, 0) is 13.6 Å². The summed E-state index contributed by atoms with van der Waals surface area (Å²) < 4.78 is 2.00. The zero-order valence-corrected chi connectivity index (χ0v) is 12.9. The van der Waals surface area contributed by atoms with Crippen LogP contribution < -0.4 is 0 Å². The number of aryl methyl sites for hydroxylation is 1. The highest BCUT2D eigenvalue weighted by Crippen LogP contribution is 2.23. The Morgan fingerprint density at radius 1 is 1.37 bits per heavy atom. The van der Waals surface area contributed by atoms with Gasteiger partial charge in [-0.15, -0.1) is 0 Å². The van der Waals surface area contributed by atoms with E-state index in [-0.39, 0.29) is 0 Å². The number of halogens is 1. The number of alkyl halides is 1. The molecule has 0 amide bonds. The number of likely N-dealkylation sites (tertiary alicyclic amines) is 1. The zero-order valence-electron chi connectivity index (χ0n) is 11.3. The second kappa shape index (κ2) is 5.63. The van der Waals surface area contributed by atoms with Crippen LogP contribution in [0, 0.1) is 5.92 Å². The van der Waals surface area contributed by atoms with Gasteiger partial charge in [-0.25, -0.2) is 0 Å². The summed E-state index contributed by atoms with van der Waals surface area (Å²) in [5.41, 5.74) is 2.44. The molecule has 3 nitrogen and oxygen atoms in total. The second-order valence-electron chi connectivity index (χ2n) is 5.49. The van der Waals surface area contributed by atoms with Gasteiger partial charge in [0.25, 0.3) is 0 Å². The molecule has 1 aromatic heterocycles. The van der Waals surface area contributed by atoms with Crippen molar-refractivity contribution < 1.29 is 0 Å². The Morgan fingerprint density at radius 3 is 3.05 bits per heavy atom. The Morgan fingerprint density at radius 2 is 2.21 bits per heavy atom. The first-order valence-electron chi connectivity index (χ1n) is 6.97. The molecule has 19 heavy (non-hydrogen) atoms. The monoisotopic (exact) mass is 321 g/mol. The van der Waals surface area contributed by atoms with Gasteiger partial charge in [0.15, 0.2) is 0 Å². The maximum absolute atomic E-state index is 4.70. The van der Waals surface area contributed by atoms with Crippen LogP contribution in [0.25, 0.3) is 10.9 Å². The molecule has 2 heterocycles. The fourth-order valence-electron chi connectivity index (χ4n) is 3.04. The van der Waals surface area contributed by atoms with Crippen LogP contribution in [0.5, 0.6) is 0 Å². The van der Waals surface area contributed by atoms with Crippen LogP contribution in [0.15, 0.2) is 24.3 Å². The maximum atomic E-state index is 4.70. The normalized spacial score (nSPS) is 21.1. The first kappa shape index (κ1) is 13.1. The lowest BCUT2D eigenvalue weighted by molar-refractivity contribution is 0.178. The second-order valence-corrected chi connectivity index (χ2v) is 6.13. The van der Waals surface area contributed by atoms with Gasteiger partial charge >= 0.3 is 0 Å². The molecular formula is C15H20BrN3. The van der Waals surface area contributed by atoms with E-state index < -0.39 is 0 Å². The van der Waals surface area contributed by atoms with Crippen LogP contribution >= 0.6 is 15.9 Å². The molecule has 1 atom stereocenters. The average Bonchev–Trinajstić information content (AvgIpc) is 2.76. The lowest BCUT2D eigenvalue weighted by Crippen LogP contribution is -2.35. The average molecular weight is 322 g/mol. The van der Waals surface area contributed by atoms with Gasteiger partial charge in [0.05, 0.1) is 11.2 Å². The van der Waals surface area contributed by atoms with Gasteiger partial charge < -0.3 is 0 Å². The molecule has 0 N–H and O–H groups in total. The zero-order chi connectivity index (χ0) is 13.2. The van der Waals surface area contributed by atoms with E-state index in [9.17, 15) is 0 Å². The van der Waals surface area contributed by atoms with Crippen molar-refractivity contribution in [3.63, 3.8) is 0 Å². The Labute approximate surface area is 122 Å². The van der Waals surface area contributed by atoms with Crippen LogP contribution in [0.2, 0.25) is 0 Å². The van der Waals surface area contributed by atoms with Crippen molar-refractivity contribution in [2.24, 2.45) is 13.0 Å². The van der Waals surface area contributed by atoms with Gasteiger partial charge in [0.1, 0.15) is 0 Å². The van der Waals surface area contributed by atoms with Gasteiger partial charge in [0.2, 0.25) is 0 Å². The first-order chi connectivity index (χ1) is 9.28. The topological polar surface area (TPSA) is 21.1 Å². The van der Waals surface area contributed by atoms with Crippen molar-refractivity contribution in [1.29, 1.82) is 0 Å². The molecule has 4 heteroatoms. The molecule has 1 fully saturated rings. The molecule has 1 unspecified atom stereocenters. The highest BCUT2D eigenvalue weighted by molar-refractivity contribution is 9.09. The highest BCUT2D eigenvalue weighted by atomic mass is 79.9. The Kier molecular flexibility index (Phi) is 3.89. The molecule has 1 aromatic carbocycles. The van der Waals surface area contributed by atoms with Gasteiger partial charge in [0, 0.05) is 30.9 Å². The van der Waals surface area contributed by atoms with Gasteiger partial charge in [-0.05, 0) is 31.4 Å². The quantitative estimate of drug-likeness (QED) is 0.809. The summed E-state index contributed by atoms with van der Waals surface area (Å²) in [4.78, 5) is 2.55. The highest BCUT2D eigenvalue weighted by Gasteiger charge is 2.20. The minimum atomic E-state index is 0.795. The molecule has 0 spiro atoms. The molecule has 1 saturated heterocycles. The lowest BCUT2D eigenvalue weighted by Gasteiger charge is -2.31. The van der Waals surface area contributed by atoms with Gasteiger partial charge in [-0.2, -0.15) is 5.10 Å². The van der Waals surface area contributed by atoms with Crippen LogP contribution in [0.1, 0.15) is 18.5 Å². The molecule has 2 aromatic rings. The minimum Gasteiger partial charge on any atom is -0.297 e. The van der Waals surface area contributed by atoms with E-state index in [1.165, 1.54) is 42.5 Å². The number of hydrogen-bond acceptors (Lipinski definition) is 2. The van der Waals surface area contributed by atoms with Gasteiger partial charge in [-0.3, -0.25) is 9.58 Å². The smallest absolute Gasteiger partial charge is 0.0843 e. The van der Waals surface area contributed by atoms with E-state index in [1.54, 1.807) is 0 Å². The van der Waals surface area contributed by atoms with Crippen molar-refractivity contribution >= 4 is 26.8 Å². The van der Waals surface area contributed by atoms with E-state index in [1.807, 2.05) is 11.7 Å². The predicted molar refractivity (Wildman–Crippen MR) is 82.5 cm³/mol. The Bertz CT molecular complexity index is 564. The third-order valence-corrected chi connectivity index (χ3v) is 4.94. The molecule has 0 aliphatic carbocycles. The van der Waals surface area contributed by atoms with Crippen molar-refractivity contribution in [1.82, 2.24) is 14.7 Å². The molecule has 3 rings (SSSR count). The van der Waals surface area contributed by atoms with Gasteiger partial charge in [-0.1, -0.05) is 34.1 Å². The number of fused-ring (bicyclic) bond motifs is 1. The number of nitrogens with zero attached hydrogens (tertiary/aromatic N) is 3. The molecule has 0 radical (unpaired) electrons. The molecule has 1 aliphatic heterocycles. The minimum absolute atomic E-state index is 0.795. The van der Waals surface area contributed by atoms with E-state index in [4.69, 9.17) is 5.10 Å². The van der Waals surface area contributed by atoms with Crippen LogP contribution in [0.4, 0.5) is 0 Å². The maximum Gasteiger partial charge on any atom is 0.0843 e. The standard InChI is InChI=1S/C15H20BrN3/c1-18-15-7-3-2-6-13(15)14(17-18)11-19-8-4-5-12(9-16)10-19/h2-3,6-7,12H,4-5,8-11H2,1H3. The number of para-hydroxylation sites is 1. The van der Waals surface area contributed by atoms with E-state index in [2.05, 4.69) is 45.1 Å². The van der Waals surface area contributed by atoms with E-state index in [0.29, 0.717) is 0 Å². The molecule has 0 bridgehead atoms. The summed E-state index contributed by atoms with van der Waals surface area (Å²) in [6.07, 6.45) is 2.66. The summed E-state index contributed by atoms with van der Waals surface area (Å²) in [6.45, 7) is 3.37. The number of aromatic nitrogens is 2. The number of benzene rings is 1. The summed E-state index contributed by atoms with van der Waals surface area (Å²) >= 11 is 3.62. The summed E-state index contributed by atoms with van der Waals surface area (Å²) in [6, 6.07) is 8.51. The number of piperidine rings is 1. The first-order valence-corrected chi connectivity index (χ1v) is 8.09. The largest absolute Gasteiger partial charge is 0.297 e. The van der Waals surface area contributed by atoms with E-state index in [0.717, 1.165) is 17.8 Å². The number of rotatable bonds is 3. The summed E-state index contributed by atoms with van der Waals surface area (Å²) in [5, 5.41) is 7.11. The van der Waals surface area contributed by atoms with Crippen molar-refractivity contribution in [2.75, 3.05) is 18.4 Å². The summed E-state index contributed by atoms with van der Waals surface area (Å²) in [5.74, 6) is 0.795. The Hall–Kier alpha value is -0.870. The predicted octanol–water partition coefficient (Wildman–Crippen LogP) is 3.18. The Balaban J connectivity index is 1.81. The SMILES string of the molecule is Cn1nc(CN2CCCC(CBr)C2)c2ccccc21. The fraction of sp³-hybridized carbons (Fsp3) is 0.533. The van der Waals surface area contributed by atoms with Crippen LogP contribution in [-0.4, -0.2) is 33.1 Å². The van der Waals surface area contributed by atoms with Crippen molar-refractivity contribution in [3.05, 3.63) is 30.0 Å². The van der Waals surface area contributed by atoms with Crippen molar-refractivity contribution in [3.8, 4) is 0 Å². The third kappa shape index (κ3) is 2.70. The van der Waals surface area contributed by atoms with Crippen LogP contribution in [0.3, 0.4) is 0 Å². The third-order valence-electron chi connectivity index (χ3n) is 4.03. The fourth-order valence-corrected chi connectivity index (χ4v) is 3.57. The molecular weight excluding hydrogens is 302 g/mol. The number of hydrogen-bond donors (Lipinski definition) is 0. The van der Waals surface area contributed by atoms with Crippen molar-refractivity contribution in [2.45, 2.75) is 19.4 Å². The molecule has 102 valence electrons. The summed E-state index contributed by atoms with van der Waals surface area (Å²) in [7, 11) is 2.03. The van der Waals surface area contributed by atoms with E-state index >= 15 is 0 Å².